The summed E-state index contributed by atoms with van der Waals surface area (Å²) in [5.74, 6) is 6.32. The van der Waals surface area contributed by atoms with Gasteiger partial charge in [-0.1, -0.05) is 0 Å². The molecule has 2 heterocycles. The lowest BCUT2D eigenvalue weighted by molar-refractivity contribution is 0.796. The van der Waals surface area contributed by atoms with E-state index in [4.69, 9.17) is 5.84 Å². The van der Waals surface area contributed by atoms with Gasteiger partial charge in [-0.05, 0) is 42.3 Å². The van der Waals surface area contributed by atoms with Crippen molar-refractivity contribution >= 4 is 21.9 Å². The molecule has 0 amide bonds. The molecular weight excluding hydrogens is 284 g/mol. The average molecular weight is 297 g/mol. The van der Waals surface area contributed by atoms with Crippen LogP contribution in [0.5, 0.6) is 0 Å². The Kier molecular flexibility index (Phi) is 3.12. The Morgan fingerprint density at radius 3 is 2.59 bits per heavy atom. The van der Waals surface area contributed by atoms with Gasteiger partial charge in [0.15, 0.2) is 5.82 Å². The molecular formula is C10H13BrN6. The summed E-state index contributed by atoms with van der Waals surface area (Å²) in [6.07, 6.45) is 1.64. The third-order valence-corrected chi connectivity index (χ3v) is 3.27. The second kappa shape index (κ2) is 4.42. The van der Waals surface area contributed by atoms with Gasteiger partial charge in [-0.3, -0.25) is 5.43 Å². The minimum Gasteiger partial charge on any atom is -0.292 e. The molecule has 0 aliphatic rings. The van der Waals surface area contributed by atoms with Crippen molar-refractivity contribution in [1.29, 1.82) is 0 Å². The summed E-state index contributed by atoms with van der Waals surface area (Å²) in [5.41, 5.74) is 5.60. The van der Waals surface area contributed by atoms with Crippen LogP contribution >= 0.6 is 15.9 Å². The Labute approximate surface area is 107 Å². The highest BCUT2D eigenvalue weighted by Crippen LogP contribution is 2.22. The van der Waals surface area contributed by atoms with Crippen LogP contribution in [-0.2, 0) is 0 Å². The van der Waals surface area contributed by atoms with Crippen LogP contribution in [0.25, 0.3) is 5.82 Å². The Balaban J connectivity index is 2.63. The van der Waals surface area contributed by atoms with Gasteiger partial charge >= 0.3 is 0 Å². The number of nitrogens with two attached hydrogens (primary N) is 1. The molecule has 2 aromatic heterocycles. The van der Waals surface area contributed by atoms with Crippen molar-refractivity contribution in [3.63, 3.8) is 0 Å². The fourth-order valence-corrected chi connectivity index (χ4v) is 1.86. The summed E-state index contributed by atoms with van der Waals surface area (Å²) in [4.78, 5) is 8.29. The minimum absolute atomic E-state index is 0.355. The highest BCUT2D eigenvalue weighted by Gasteiger charge is 2.13. The molecule has 0 fully saturated rings. The first kappa shape index (κ1) is 12.0. The quantitative estimate of drug-likeness (QED) is 0.650. The van der Waals surface area contributed by atoms with Crippen LogP contribution in [0, 0.1) is 20.8 Å². The molecule has 0 unspecified atom stereocenters. The Hall–Kier alpha value is -1.47. The third-order valence-electron chi connectivity index (χ3n) is 2.71. The molecule has 0 atom stereocenters. The number of nitrogens with one attached hydrogen (secondary N) is 1. The molecule has 0 spiro atoms. The van der Waals surface area contributed by atoms with E-state index in [0.717, 1.165) is 21.4 Å². The lowest BCUT2D eigenvalue weighted by Crippen LogP contribution is -2.13. The van der Waals surface area contributed by atoms with E-state index in [1.807, 2.05) is 20.8 Å². The maximum absolute atomic E-state index is 5.30. The summed E-state index contributed by atoms with van der Waals surface area (Å²) < 4.78 is 2.54. The predicted octanol–water partition coefficient (Wildman–Crippen LogP) is 1.64. The highest BCUT2D eigenvalue weighted by atomic mass is 79.9. The van der Waals surface area contributed by atoms with Gasteiger partial charge in [0.2, 0.25) is 5.95 Å². The number of halogens is 1. The van der Waals surface area contributed by atoms with Crippen LogP contribution in [0.3, 0.4) is 0 Å². The lowest BCUT2D eigenvalue weighted by Gasteiger charge is -2.07. The number of rotatable bonds is 2. The summed E-state index contributed by atoms with van der Waals surface area (Å²) in [6, 6.07) is 0. The van der Waals surface area contributed by atoms with E-state index in [0.29, 0.717) is 11.8 Å². The second-order valence-electron chi connectivity index (χ2n) is 3.72. The molecule has 0 bridgehead atoms. The van der Waals surface area contributed by atoms with Gasteiger partial charge in [-0.25, -0.2) is 15.5 Å². The van der Waals surface area contributed by atoms with Crippen LogP contribution < -0.4 is 11.3 Å². The van der Waals surface area contributed by atoms with Crippen molar-refractivity contribution in [2.24, 2.45) is 5.84 Å². The molecule has 2 aromatic rings. The topological polar surface area (TPSA) is 81.7 Å². The fraction of sp³-hybridized carbons (Fsp3) is 0.300. The molecule has 7 heteroatoms. The standard InChI is InChI=1S/C10H13BrN6/c1-5-6(2)16-17(7(5)3)9-8(11)4-13-10(14-9)15-12/h4H,12H2,1-3H3,(H,13,14,15). The average Bonchev–Trinajstić information content (AvgIpc) is 2.58. The summed E-state index contributed by atoms with van der Waals surface area (Å²) >= 11 is 3.41. The van der Waals surface area contributed by atoms with Gasteiger partial charge in [0.1, 0.15) is 0 Å². The lowest BCUT2D eigenvalue weighted by atomic mass is 10.2. The summed E-state index contributed by atoms with van der Waals surface area (Å²) in [5, 5.41) is 4.44. The van der Waals surface area contributed by atoms with E-state index < -0.39 is 0 Å². The molecule has 0 radical (unpaired) electrons. The number of nitrogens with zero attached hydrogens (tertiary/aromatic N) is 4. The number of hydrogen-bond donors (Lipinski definition) is 2. The molecule has 17 heavy (non-hydrogen) atoms. The van der Waals surface area contributed by atoms with Gasteiger partial charge in [-0.2, -0.15) is 10.1 Å². The van der Waals surface area contributed by atoms with Crippen molar-refractivity contribution in [1.82, 2.24) is 19.7 Å². The fourth-order valence-electron chi connectivity index (χ4n) is 1.50. The van der Waals surface area contributed by atoms with Crippen molar-refractivity contribution in [3.8, 4) is 5.82 Å². The van der Waals surface area contributed by atoms with E-state index >= 15 is 0 Å². The van der Waals surface area contributed by atoms with E-state index in [1.165, 1.54) is 0 Å². The highest BCUT2D eigenvalue weighted by molar-refractivity contribution is 9.10. The first-order valence-electron chi connectivity index (χ1n) is 5.07. The largest absolute Gasteiger partial charge is 0.292 e. The monoisotopic (exact) mass is 296 g/mol. The Morgan fingerprint density at radius 2 is 2.06 bits per heavy atom. The van der Waals surface area contributed by atoms with E-state index in [9.17, 15) is 0 Å². The first-order valence-corrected chi connectivity index (χ1v) is 5.86. The van der Waals surface area contributed by atoms with Crippen molar-refractivity contribution < 1.29 is 0 Å². The van der Waals surface area contributed by atoms with Gasteiger partial charge in [0, 0.05) is 11.9 Å². The molecule has 0 saturated carbocycles. The number of nitrogen functional groups attached to an aromatic ring is 1. The first-order chi connectivity index (χ1) is 8.04. The predicted molar refractivity (Wildman–Crippen MR) is 68.9 cm³/mol. The smallest absolute Gasteiger partial charge is 0.239 e. The number of hydrogen-bond acceptors (Lipinski definition) is 5. The van der Waals surface area contributed by atoms with E-state index in [-0.39, 0.29) is 0 Å². The number of hydrazine groups is 1. The maximum Gasteiger partial charge on any atom is 0.239 e. The molecule has 0 aliphatic heterocycles. The third kappa shape index (κ3) is 2.03. The van der Waals surface area contributed by atoms with Gasteiger partial charge < -0.3 is 0 Å². The van der Waals surface area contributed by atoms with Crippen molar-refractivity contribution in [2.45, 2.75) is 20.8 Å². The zero-order chi connectivity index (χ0) is 12.6. The van der Waals surface area contributed by atoms with Crippen LogP contribution in [0.4, 0.5) is 5.95 Å². The number of aromatic nitrogens is 4. The van der Waals surface area contributed by atoms with Crippen LogP contribution in [0.1, 0.15) is 17.0 Å². The molecule has 0 saturated heterocycles. The van der Waals surface area contributed by atoms with E-state index in [2.05, 4.69) is 36.4 Å². The molecule has 0 aromatic carbocycles. The molecule has 6 nitrogen and oxygen atoms in total. The van der Waals surface area contributed by atoms with Crippen molar-refractivity contribution in [3.05, 3.63) is 27.6 Å². The van der Waals surface area contributed by atoms with E-state index in [1.54, 1.807) is 10.9 Å². The van der Waals surface area contributed by atoms with Gasteiger partial charge in [-0.15, -0.1) is 0 Å². The van der Waals surface area contributed by atoms with Gasteiger partial charge in [0.05, 0.1) is 10.2 Å². The zero-order valence-electron chi connectivity index (χ0n) is 9.82. The summed E-state index contributed by atoms with van der Waals surface area (Å²) in [7, 11) is 0. The molecule has 2 rings (SSSR count). The minimum atomic E-state index is 0.355. The summed E-state index contributed by atoms with van der Waals surface area (Å²) in [6.45, 7) is 6.00. The zero-order valence-corrected chi connectivity index (χ0v) is 11.4. The van der Waals surface area contributed by atoms with Crippen LogP contribution in [-0.4, -0.2) is 19.7 Å². The second-order valence-corrected chi connectivity index (χ2v) is 4.57. The van der Waals surface area contributed by atoms with Crippen LogP contribution in [0.15, 0.2) is 10.7 Å². The molecule has 0 aliphatic carbocycles. The number of anilines is 1. The van der Waals surface area contributed by atoms with Gasteiger partial charge in [0.25, 0.3) is 0 Å². The molecule has 3 N–H and O–H groups in total. The Morgan fingerprint density at radius 1 is 1.35 bits per heavy atom. The normalized spacial score (nSPS) is 10.6. The van der Waals surface area contributed by atoms with Crippen molar-refractivity contribution in [2.75, 3.05) is 5.43 Å². The Bertz CT molecular complexity index is 562. The SMILES string of the molecule is Cc1nn(-c2nc(NN)ncc2Br)c(C)c1C. The maximum atomic E-state index is 5.30. The molecule has 90 valence electrons. The van der Waals surface area contributed by atoms with Crippen LogP contribution in [0.2, 0.25) is 0 Å². The number of aryl methyl sites for hydroxylation is 1.